The van der Waals surface area contributed by atoms with Gasteiger partial charge in [-0.15, -0.1) is 0 Å². The highest BCUT2D eigenvalue weighted by molar-refractivity contribution is 7.88. The van der Waals surface area contributed by atoms with Crippen LogP contribution in [0.5, 0.6) is 0 Å². The van der Waals surface area contributed by atoms with Crippen molar-refractivity contribution in [2.24, 2.45) is 5.92 Å². The second kappa shape index (κ2) is 7.20. The van der Waals surface area contributed by atoms with Crippen molar-refractivity contribution in [2.45, 2.75) is 12.8 Å². The topological polar surface area (TPSA) is 66.5 Å². The lowest BCUT2D eigenvalue weighted by molar-refractivity contribution is -0.116. The molecule has 0 atom stereocenters. The van der Waals surface area contributed by atoms with Gasteiger partial charge in [0.1, 0.15) is 0 Å². The fraction of sp³-hybridized carbons (Fsp3) is 0.500. The van der Waals surface area contributed by atoms with E-state index in [-0.39, 0.29) is 5.91 Å². The first-order chi connectivity index (χ1) is 9.95. The van der Waals surface area contributed by atoms with Gasteiger partial charge in [-0.05, 0) is 47.2 Å². The minimum atomic E-state index is -3.08. The molecule has 2 rings (SSSR count). The van der Waals surface area contributed by atoms with Gasteiger partial charge in [-0.1, -0.05) is 0 Å². The first-order valence-electron chi connectivity index (χ1n) is 6.88. The molecule has 1 saturated heterocycles. The Morgan fingerprint density at radius 1 is 1.48 bits per heavy atom. The molecule has 1 aromatic rings. The summed E-state index contributed by atoms with van der Waals surface area (Å²) >= 11 is 1.59. The van der Waals surface area contributed by atoms with E-state index in [2.05, 4.69) is 5.32 Å². The maximum atomic E-state index is 11.7. The van der Waals surface area contributed by atoms with Gasteiger partial charge in [-0.3, -0.25) is 4.79 Å². The maximum absolute atomic E-state index is 11.7. The minimum absolute atomic E-state index is 0.105. The van der Waals surface area contributed by atoms with Crippen molar-refractivity contribution < 1.29 is 13.2 Å². The van der Waals surface area contributed by atoms with E-state index in [0.717, 1.165) is 18.4 Å². The third kappa shape index (κ3) is 5.26. The maximum Gasteiger partial charge on any atom is 0.244 e. The fourth-order valence-corrected chi connectivity index (χ4v) is 3.79. The average Bonchev–Trinajstić information content (AvgIpc) is 2.95. The molecule has 0 radical (unpaired) electrons. The van der Waals surface area contributed by atoms with Crippen molar-refractivity contribution in [3.8, 4) is 0 Å². The van der Waals surface area contributed by atoms with Crippen molar-refractivity contribution in [2.75, 3.05) is 25.9 Å². The molecule has 1 aliphatic rings. The number of sulfonamides is 1. The summed E-state index contributed by atoms with van der Waals surface area (Å²) in [5, 5.41) is 6.82. The van der Waals surface area contributed by atoms with Gasteiger partial charge in [0, 0.05) is 25.7 Å². The van der Waals surface area contributed by atoms with E-state index in [1.165, 1.54) is 16.6 Å². The molecule has 116 valence electrons. The van der Waals surface area contributed by atoms with Crippen LogP contribution in [0.3, 0.4) is 0 Å². The monoisotopic (exact) mass is 328 g/mol. The Morgan fingerprint density at radius 2 is 2.19 bits per heavy atom. The predicted octanol–water partition coefficient (Wildman–Crippen LogP) is 1.55. The molecule has 0 bridgehead atoms. The molecule has 7 heteroatoms. The number of rotatable bonds is 5. The normalized spacial score (nSPS) is 18.1. The predicted molar refractivity (Wildman–Crippen MR) is 85.5 cm³/mol. The molecule has 1 fully saturated rings. The van der Waals surface area contributed by atoms with Gasteiger partial charge in [0.05, 0.1) is 6.26 Å². The zero-order valence-corrected chi connectivity index (χ0v) is 13.6. The van der Waals surface area contributed by atoms with Gasteiger partial charge in [0.15, 0.2) is 0 Å². The van der Waals surface area contributed by atoms with Crippen LogP contribution in [0.25, 0.3) is 6.08 Å². The van der Waals surface area contributed by atoms with Crippen molar-refractivity contribution in [3.05, 3.63) is 28.5 Å². The van der Waals surface area contributed by atoms with Crippen LogP contribution in [0.15, 0.2) is 22.9 Å². The molecule has 5 nitrogen and oxygen atoms in total. The summed E-state index contributed by atoms with van der Waals surface area (Å²) in [6.45, 7) is 1.69. The number of hydrogen-bond donors (Lipinski definition) is 1. The highest BCUT2D eigenvalue weighted by Crippen LogP contribution is 2.18. The number of thiophene rings is 1. The molecule has 1 amide bonds. The minimum Gasteiger partial charge on any atom is -0.352 e. The highest BCUT2D eigenvalue weighted by atomic mass is 32.2. The third-order valence-corrected chi connectivity index (χ3v) is 5.58. The SMILES string of the molecule is CS(=O)(=O)N1CCC(CNC(=O)/C=C/c2ccsc2)CC1. The molecule has 1 N–H and O–H groups in total. The lowest BCUT2D eigenvalue weighted by Crippen LogP contribution is -2.40. The van der Waals surface area contributed by atoms with E-state index >= 15 is 0 Å². The Labute approximate surface area is 129 Å². The summed E-state index contributed by atoms with van der Waals surface area (Å²) in [5.74, 6) is 0.244. The molecule has 0 aliphatic carbocycles. The molecule has 1 aliphatic heterocycles. The molecular formula is C14H20N2O3S2. The molecule has 0 aromatic carbocycles. The fourth-order valence-electron chi connectivity index (χ4n) is 2.29. The molecule has 1 aromatic heterocycles. The van der Waals surface area contributed by atoms with Crippen LogP contribution in [0.1, 0.15) is 18.4 Å². The van der Waals surface area contributed by atoms with E-state index < -0.39 is 10.0 Å². The summed E-state index contributed by atoms with van der Waals surface area (Å²) in [4.78, 5) is 11.7. The van der Waals surface area contributed by atoms with E-state index in [1.807, 2.05) is 16.8 Å². The molecule has 0 unspecified atom stereocenters. The Balaban J connectivity index is 1.71. The summed E-state index contributed by atoms with van der Waals surface area (Å²) in [6.07, 6.45) is 6.15. The second-order valence-electron chi connectivity index (χ2n) is 5.24. The third-order valence-electron chi connectivity index (χ3n) is 3.58. The van der Waals surface area contributed by atoms with Crippen molar-refractivity contribution in [1.29, 1.82) is 0 Å². The quantitative estimate of drug-likeness (QED) is 0.834. The summed E-state index contributed by atoms with van der Waals surface area (Å²) in [7, 11) is -3.08. The van der Waals surface area contributed by atoms with E-state index in [1.54, 1.807) is 17.4 Å². The zero-order chi connectivity index (χ0) is 15.3. The van der Waals surface area contributed by atoms with Crippen LogP contribution in [-0.4, -0.2) is 44.5 Å². The Bertz CT molecular complexity index is 586. The van der Waals surface area contributed by atoms with Gasteiger partial charge < -0.3 is 5.32 Å². The summed E-state index contributed by atoms with van der Waals surface area (Å²) < 4.78 is 24.3. The van der Waals surface area contributed by atoms with E-state index in [9.17, 15) is 13.2 Å². The first kappa shape index (κ1) is 16.2. The first-order valence-corrected chi connectivity index (χ1v) is 9.67. The molecule has 21 heavy (non-hydrogen) atoms. The zero-order valence-electron chi connectivity index (χ0n) is 12.0. The van der Waals surface area contributed by atoms with Crippen LogP contribution in [0.2, 0.25) is 0 Å². The van der Waals surface area contributed by atoms with Crippen molar-refractivity contribution in [3.63, 3.8) is 0 Å². The number of carbonyl (C=O) groups excluding carboxylic acids is 1. The van der Waals surface area contributed by atoms with Crippen LogP contribution in [-0.2, 0) is 14.8 Å². The number of nitrogens with one attached hydrogen (secondary N) is 1. The molecule has 0 saturated carbocycles. The lowest BCUT2D eigenvalue weighted by atomic mass is 9.98. The number of carbonyl (C=O) groups is 1. The van der Waals surface area contributed by atoms with Gasteiger partial charge in [-0.2, -0.15) is 11.3 Å². The number of nitrogens with zero attached hydrogens (tertiary/aromatic N) is 1. The van der Waals surface area contributed by atoms with E-state index in [4.69, 9.17) is 0 Å². The van der Waals surface area contributed by atoms with Gasteiger partial charge in [0.25, 0.3) is 0 Å². The molecule has 2 heterocycles. The van der Waals surface area contributed by atoms with E-state index in [0.29, 0.717) is 25.6 Å². The summed E-state index contributed by atoms with van der Waals surface area (Å²) in [6, 6.07) is 1.95. The molecule has 0 spiro atoms. The number of amides is 1. The van der Waals surface area contributed by atoms with Gasteiger partial charge in [-0.25, -0.2) is 12.7 Å². The summed E-state index contributed by atoms with van der Waals surface area (Å²) in [5.41, 5.74) is 1.02. The van der Waals surface area contributed by atoms with Gasteiger partial charge >= 0.3 is 0 Å². The molecular weight excluding hydrogens is 308 g/mol. The van der Waals surface area contributed by atoms with Crippen LogP contribution in [0.4, 0.5) is 0 Å². The van der Waals surface area contributed by atoms with Crippen molar-refractivity contribution >= 4 is 33.3 Å². The van der Waals surface area contributed by atoms with Crippen LogP contribution < -0.4 is 5.32 Å². The lowest BCUT2D eigenvalue weighted by Gasteiger charge is -2.30. The van der Waals surface area contributed by atoms with Crippen LogP contribution in [0, 0.1) is 5.92 Å². The standard InChI is InChI=1S/C14H20N2O3S2/c1-21(18,19)16-7-4-12(5-8-16)10-15-14(17)3-2-13-6-9-20-11-13/h2-3,6,9,11-12H,4-5,7-8,10H2,1H3,(H,15,17)/b3-2+. The van der Waals surface area contributed by atoms with Gasteiger partial charge in [0.2, 0.25) is 15.9 Å². The smallest absolute Gasteiger partial charge is 0.244 e. The second-order valence-corrected chi connectivity index (χ2v) is 8.00. The Morgan fingerprint density at radius 3 is 2.76 bits per heavy atom. The Hall–Kier alpha value is -1.18. The highest BCUT2D eigenvalue weighted by Gasteiger charge is 2.24. The Kier molecular flexibility index (Phi) is 5.55. The largest absolute Gasteiger partial charge is 0.352 e. The van der Waals surface area contributed by atoms with Crippen molar-refractivity contribution in [1.82, 2.24) is 9.62 Å². The number of piperidine rings is 1. The number of hydrogen-bond acceptors (Lipinski definition) is 4. The average molecular weight is 328 g/mol. The van der Waals surface area contributed by atoms with Crippen LogP contribution >= 0.6 is 11.3 Å².